The lowest BCUT2D eigenvalue weighted by Gasteiger charge is -2.56. The molecule has 4 atom stereocenters. The van der Waals surface area contributed by atoms with Gasteiger partial charge in [-0.2, -0.15) is 0 Å². The quantitative estimate of drug-likeness (QED) is 0.592. The predicted octanol–water partition coefficient (Wildman–Crippen LogP) is 2.86. The first-order valence-electron chi connectivity index (χ1n) is 8.08. The van der Waals surface area contributed by atoms with Crippen LogP contribution in [-0.2, 0) is 19.0 Å². The third kappa shape index (κ3) is 2.37. The SMILES string of the molecule is CC#CC12OC(=O)C=C(C)C1(OCC)CCC(C)C2OCC. The van der Waals surface area contributed by atoms with E-state index in [0.717, 1.165) is 18.4 Å². The highest BCUT2D eigenvalue weighted by molar-refractivity contribution is 5.86. The lowest BCUT2D eigenvalue weighted by Crippen LogP contribution is -2.70. The summed E-state index contributed by atoms with van der Waals surface area (Å²) < 4.78 is 18.0. The molecule has 2 aliphatic rings. The summed E-state index contributed by atoms with van der Waals surface area (Å²) in [7, 11) is 0. The molecule has 4 unspecified atom stereocenters. The summed E-state index contributed by atoms with van der Waals surface area (Å²) in [5.74, 6) is 5.99. The van der Waals surface area contributed by atoms with Gasteiger partial charge in [0, 0.05) is 19.3 Å². The monoisotopic (exact) mass is 306 g/mol. The van der Waals surface area contributed by atoms with Crippen molar-refractivity contribution < 1.29 is 19.0 Å². The summed E-state index contributed by atoms with van der Waals surface area (Å²) in [6, 6.07) is 0. The van der Waals surface area contributed by atoms with E-state index in [0.29, 0.717) is 13.2 Å². The third-order valence-corrected chi connectivity index (χ3v) is 4.75. The van der Waals surface area contributed by atoms with Gasteiger partial charge < -0.3 is 14.2 Å². The molecular weight excluding hydrogens is 280 g/mol. The van der Waals surface area contributed by atoms with Crippen LogP contribution in [0.2, 0.25) is 0 Å². The zero-order valence-corrected chi connectivity index (χ0v) is 14.2. The van der Waals surface area contributed by atoms with Crippen molar-refractivity contribution in [3.8, 4) is 11.8 Å². The van der Waals surface area contributed by atoms with E-state index in [-0.39, 0.29) is 18.0 Å². The maximum atomic E-state index is 12.1. The number of esters is 1. The van der Waals surface area contributed by atoms with Crippen LogP contribution in [0, 0.1) is 17.8 Å². The fourth-order valence-electron chi connectivity index (χ4n) is 3.89. The number of hydrogen-bond donors (Lipinski definition) is 0. The molecule has 1 fully saturated rings. The van der Waals surface area contributed by atoms with Crippen molar-refractivity contribution in [3.63, 3.8) is 0 Å². The maximum absolute atomic E-state index is 12.1. The molecule has 0 amide bonds. The molecule has 0 aromatic carbocycles. The van der Waals surface area contributed by atoms with E-state index in [4.69, 9.17) is 14.2 Å². The van der Waals surface area contributed by atoms with Gasteiger partial charge in [-0.15, -0.1) is 5.92 Å². The lowest BCUT2D eigenvalue weighted by molar-refractivity contribution is -0.242. The Hall–Kier alpha value is -1.31. The van der Waals surface area contributed by atoms with E-state index < -0.39 is 11.2 Å². The van der Waals surface area contributed by atoms with Gasteiger partial charge in [-0.05, 0) is 57.9 Å². The molecule has 22 heavy (non-hydrogen) atoms. The Balaban J connectivity index is 2.67. The Labute approximate surface area is 133 Å². The number of hydrogen-bond acceptors (Lipinski definition) is 4. The highest BCUT2D eigenvalue weighted by Crippen LogP contribution is 2.51. The number of carbonyl (C=O) groups is 1. The van der Waals surface area contributed by atoms with Gasteiger partial charge in [0.1, 0.15) is 11.7 Å². The zero-order chi connectivity index (χ0) is 16.4. The standard InChI is InChI=1S/C18H26O4/c1-6-10-18-16(20-7-2)13(4)9-11-17(18,21-8-3)14(5)12-15(19)22-18/h12-13,16H,7-9,11H2,1-5H3. The molecule has 0 N–H and O–H groups in total. The molecule has 4 nitrogen and oxygen atoms in total. The van der Waals surface area contributed by atoms with E-state index >= 15 is 0 Å². The normalized spacial score (nSPS) is 37.5. The molecule has 0 saturated heterocycles. The molecule has 1 aliphatic carbocycles. The van der Waals surface area contributed by atoms with Crippen LogP contribution in [0.3, 0.4) is 0 Å². The minimum atomic E-state index is -1.07. The largest absolute Gasteiger partial charge is 0.436 e. The third-order valence-electron chi connectivity index (χ3n) is 4.75. The molecule has 0 spiro atoms. The van der Waals surface area contributed by atoms with Crippen LogP contribution in [0.1, 0.15) is 47.5 Å². The highest BCUT2D eigenvalue weighted by atomic mass is 16.6. The van der Waals surface area contributed by atoms with Crippen molar-refractivity contribution in [3.05, 3.63) is 11.6 Å². The molecule has 1 saturated carbocycles. The van der Waals surface area contributed by atoms with Gasteiger partial charge in [0.05, 0.1) is 0 Å². The summed E-state index contributed by atoms with van der Waals surface area (Å²) in [5, 5.41) is 0. The van der Waals surface area contributed by atoms with E-state index in [2.05, 4.69) is 18.8 Å². The van der Waals surface area contributed by atoms with E-state index in [1.807, 2.05) is 20.8 Å². The summed E-state index contributed by atoms with van der Waals surface area (Å²) in [5.41, 5.74) is -0.906. The van der Waals surface area contributed by atoms with Crippen LogP contribution < -0.4 is 0 Å². The molecule has 0 bridgehead atoms. The Bertz CT molecular complexity index is 527. The van der Waals surface area contributed by atoms with Gasteiger partial charge in [-0.1, -0.05) is 6.92 Å². The first kappa shape index (κ1) is 17.1. The van der Waals surface area contributed by atoms with Crippen molar-refractivity contribution in [2.24, 2.45) is 5.92 Å². The molecule has 1 aliphatic heterocycles. The van der Waals surface area contributed by atoms with Gasteiger partial charge in [0.15, 0.2) is 0 Å². The Morgan fingerprint density at radius 1 is 1.41 bits per heavy atom. The smallest absolute Gasteiger partial charge is 0.332 e. The Morgan fingerprint density at radius 3 is 2.73 bits per heavy atom. The number of rotatable bonds is 4. The van der Waals surface area contributed by atoms with Crippen molar-refractivity contribution in [1.82, 2.24) is 0 Å². The van der Waals surface area contributed by atoms with Crippen LogP contribution in [0.25, 0.3) is 0 Å². The Kier molecular flexibility index (Phi) is 4.99. The van der Waals surface area contributed by atoms with E-state index in [1.54, 1.807) is 6.92 Å². The summed E-state index contributed by atoms with van der Waals surface area (Å²) in [4.78, 5) is 12.1. The van der Waals surface area contributed by atoms with Crippen LogP contribution in [0.4, 0.5) is 0 Å². The van der Waals surface area contributed by atoms with Crippen molar-refractivity contribution in [2.45, 2.75) is 64.8 Å². The molecule has 1 heterocycles. The summed E-state index contributed by atoms with van der Waals surface area (Å²) >= 11 is 0. The minimum absolute atomic E-state index is 0.244. The second-order valence-electron chi connectivity index (χ2n) is 6.01. The number of fused-ring (bicyclic) bond motifs is 1. The predicted molar refractivity (Wildman–Crippen MR) is 84.2 cm³/mol. The van der Waals surface area contributed by atoms with E-state index in [1.165, 1.54) is 6.08 Å². The first-order chi connectivity index (χ1) is 10.5. The summed E-state index contributed by atoms with van der Waals surface area (Å²) in [6.45, 7) is 10.8. The van der Waals surface area contributed by atoms with Gasteiger partial charge in [-0.3, -0.25) is 0 Å². The second-order valence-corrected chi connectivity index (χ2v) is 6.01. The topological polar surface area (TPSA) is 44.8 Å². The molecule has 0 radical (unpaired) electrons. The van der Waals surface area contributed by atoms with Gasteiger partial charge in [0.2, 0.25) is 5.60 Å². The van der Waals surface area contributed by atoms with Crippen molar-refractivity contribution >= 4 is 5.97 Å². The van der Waals surface area contributed by atoms with Crippen molar-refractivity contribution in [2.75, 3.05) is 13.2 Å². The van der Waals surface area contributed by atoms with Crippen LogP contribution in [-0.4, -0.2) is 36.5 Å². The molecule has 4 heteroatoms. The minimum Gasteiger partial charge on any atom is -0.436 e. The second kappa shape index (κ2) is 6.44. The lowest BCUT2D eigenvalue weighted by atomic mass is 9.62. The molecule has 0 aromatic rings. The average Bonchev–Trinajstić information content (AvgIpc) is 2.46. The van der Waals surface area contributed by atoms with Gasteiger partial charge >= 0.3 is 5.97 Å². The molecule has 122 valence electrons. The van der Waals surface area contributed by atoms with Crippen LogP contribution in [0.15, 0.2) is 11.6 Å². The highest BCUT2D eigenvalue weighted by Gasteiger charge is 2.66. The maximum Gasteiger partial charge on any atom is 0.332 e. The van der Waals surface area contributed by atoms with Crippen molar-refractivity contribution in [1.29, 1.82) is 0 Å². The molecule has 0 aromatic heterocycles. The van der Waals surface area contributed by atoms with E-state index in [9.17, 15) is 4.79 Å². The summed E-state index contributed by atoms with van der Waals surface area (Å²) in [6.07, 6.45) is 2.96. The zero-order valence-electron chi connectivity index (χ0n) is 14.2. The average molecular weight is 306 g/mol. The number of ether oxygens (including phenoxy) is 3. The fraction of sp³-hybridized carbons (Fsp3) is 0.722. The Morgan fingerprint density at radius 2 is 2.14 bits per heavy atom. The molecular formula is C18H26O4. The molecule has 2 rings (SSSR count). The van der Waals surface area contributed by atoms with Gasteiger partial charge in [0.25, 0.3) is 0 Å². The van der Waals surface area contributed by atoms with Crippen LogP contribution in [0.5, 0.6) is 0 Å². The fourth-order valence-corrected chi connectivity index (χ4v) is 3.89. The number of carbonyl (C=O) groups excluding carboxylic acids is 1. The van der Waals surface area contributed by atoms with Crippen LogP contribution >= 0.6 is 0 Å². The van der Waals surface area contributed by atoms with Gasteiger partial charge in [-0.25, -0.2) is 4.79 Å². The first-order valence-corrected chi connectivity index (χ1v) is 8.08.